The van der Waals surface area contributed by atoms with Crippen LogP contribution in [-0.2, 0) is 0 Å². The van der Waals surface area contributed by atoms with Gasteiger partial charge in [0.05, 0.1) is 0 Å². The van der Waals surface area contributed by atoms with Gasteiger partial charge in [0.15, 0.2) is 0 Å². The Morgan fingerprint density at radius 3 is 2.18 bits per heavy atom. The molecule has 1 fully saturated rings. The third-order valence-corrected chi connectivity index (χ3v) is 2.61. The monoisotopic (exact) mass is 156 g/mol. The van der Waals surface area contributed by atoms with Crippen molar-refractivity contribution >= 4 is 0 Å². The fourth-order valence-corrected chi connectivity index (χ4v) is 1.79. The van der Waals surface area contributed by atoms with Gasteiger partial charge < -0.3 is 10.2 Å². The summed E-state index contributed by atoms with van der Waals surface area (Å²) in [5.74, 6) is 0.880. The topological polar surface area (TPSA) is 15.3 Å². The minimum Gasteiger partial charge on any atom is -0.316 e. The molecule has 2 nitrogen and oxygen atoms in total. The number of hydrogen-bond donors (Lipinski definition) is 1. The van der Waals surface area contributed by atoms with E-state index in [1.54, 1.807) is 0 Å². The quantitative estimate of drug-likeness (QED) is 0.650. The second-order valence-electron chi connectivity index (χ2n) is 4.58. The van der Waals surface area contributed by atoms with Crippen LogP contribution >= 0.6 is 0 Å². The van der Waals surface area contributed by atoms with Crippen LogP contribution in [0.25, 0.3) is 0 Å². The Morgan fingerprint density at radius 1 is 1.36 bits per heavy atom. The predicted molar refractivity (Wildman–Crippen MR) is 48.7 cm³/mol. The smallest absolute Gasteiger partial charge is 0.00302 e. The minimum atomic E-state index is 0.481. The van der Waals surface area contributed by atoms with Gasteiger partial charge in [-0.05, 0) is 38.5 Å². The first-order valence-corrected chi connectivity index (χ1v) is 4.38. The summed E-state index contributed by atoms with van der Waals surface area (Å²) >= 11 is 0. The molecule has 1 saturated heterocycles. The van der Waals surface area contributed by atoms with Crippen LogP contribution in [0.15, 0.2) is 0 Å². The van der Waals surface area contributed by atoms with Crippen molar-refractivity contribution in [3.63, 3.8) is 0 Å². The third-order valence-electron chi connectivity index (χ3n) is 2.61. The van der Waals surface area contributed by atoms with Crippen LogP contribution in [0.2, 0.25) is 0 Å². The molecule has 66 valence electrons. The Kier molecular flexibility index (Phi) is 2.55. The average Bonchev–Trinajstić information content (AvgIpc) is 1.50. The van der Waals surface area contributed by atoms with E-state index in [4.69, 9.17) is 0 Å². The molecule has 1 aliphatic rings. The lowest BCUT2D eigenvalue weighted by molar-refractivity contribution is 0.107. The first-order chi connectivity index (χ1) is 5.02. The van der Waals surface area contributed by atoms with Crippen LogP contribution in [0.4, 0.5) is 0 Å². The second kappa shape index (κ2) is 3.11. The molecule has 0 aromatic carbocycles. The Labute approximate surface area is 70.0 Å². The van der Waals surface area contributed by atoms with Crippen molar-refractivity contribution < 1.29 is 0 Å². The summed E-state index contributed by atoms with van der Waals surface area (Å²) in [5, 5.41) is 3.32. The Bertz CT molecular complexity index is 126. The average molecular weight is 156 g/mol. The summed E-state index contributed by atoms with van der Waals surface area (Å²) in [4.78, 5) is 2.28. The van der Waals surface area contributed by atoms with Gasteiger partial charge in [0.2, 0.25) is 0 Å². The van der Waals surface area contributed by atoms with E-state index in [1.807, 2.05) is 0 Å². The predicted octanol–water partition coefficient (Wildman–Crippen LogP) is 0.794. The SMILES string of the molecule is CN(C)CC(C)(C)C1CNC1. The molecular formula is C9H20N2. The standard InChI is InChI=1S/C9H20N2/c1-9(2,7-11(3)4)8-5-10-6-8/h8,10H,5-7H2,1-4H3. The molecule has 11 heavy (non-hydrogen) atoms. The summed E-state index contributed by atoms with van der Waals surface area (Å²) in [6.45, 7) is 8.33. The van der Waals surface area contributed by atoms with E-state index < -0.39 is 0 Å². The summed E-state index contributed by atoms with van der Waals surface area (Å²) in [7, 11) is 4.29. The summed E-state index contributed by atoms with van der Waals surface area (Å²) < 4.78 is 0. The minimum absolute atomic E-state index is 0.481. The van der Waals surface area contributed by atoms with Gasteiger partial charge >= 0.3 is 0 Å². The van der Waals surface area contributed by atoms with Crippen LogP contribution in [0, 0.1) is 11.3 Å². The van der Waals surface area contributed by atoms with Gasteiger partial charge in [-0.15, -0.1) is 0 Å². The number of hydrogen-bond acceptors (Lipinski definition) is 2. The molecule has 0 saturated carbocycles. The molecule has 0 aromatic heterocycles. The van der Waals surface area contributed by atoms with E-state index in [0.717, 1.165) is 5.92 Å². The van der Waals surface area contributed by atoms with Gasteiger partial charge in [-0.1, -0.05) is 13.8 Å². The normalized spacial score (nSPS) is 20.5. The zero-order valence-electron chi connectivity index (χ0n) is 8.15. The Balaban J connectivity index is 2.37. The van der Waals surface area contributed by atoms with Crippen molar-refractivity contribution in [1.82, 2.24) is 10.2 Å². The van der Waals surface area contributed by atoms with Crippen LogP contribution < -0.4 is 5.32 Å². The largest absolute Gasteiger partial charge is 0.316 e. The van der Waals surface area contributed by atoms with Gasteiger partial charge in [0.25, 0.3) is 0 Å². The fourth-order valence-electron chi connectivity index (χ4n) is 1.79. The number of nitrogens with zero attached hydrogens (tertiary/aromatic N) is 1. The van der Waals surface area contributed by atoms with Gasteiger partial charge in [0, 0.05) is 6.54 Å². The highest BCUT2D eigenvalue weighted by Crippen LogP contribution is 2.29. The maximum absolute atomic E-state index is 3.32. The highest BCUT2D eigenvalue weighted by Gasteiger charge is 2.33. The maximum atomic E-state index is 3.32. The van der Waals surface area contributed by atoms with Crippen molar-refractivity contribution in [1.29, 1.82) is 0 Å². The van der Waals surface area contributed by atoms with Crippen molar-refractivity contribution in [3.8, 4) is 0 Å². The van der Waals surface area contributed by atoms with E-state index in [9.17, 15) is 0 Å². The molecule has 0 bridgehead atoms. The fraction of sp³-hybridized carbons (Fsp3) is 1.00. The van der Waals surface area contributed by atoms with E-state index in [0.29, 0.717) is 5.41 Å². The molecule has 1 heterocycles. The highest BCUT2D eigenvalue weighted by molar-refractivity contribution is 4.88. The zero-order valence-corrected chi connectivity index (χ0v) is 8.15. The lowest BCUT2D eigenvalue weighted by Crippen LogP contribution is -2.52. The molecule has 0 amide bonds. The van der Waals surface area contributed by atoms with Crippen LogP contribution in [0.5, 0.6) is 0 Å². The van der Waals surface area contributed by atoms with Crippen molar-refractivity contribution in [2.24, 2.45) is 11.3 Å². The second-order valence-corrected chi connectivity index (χ2v) is 4.58. The lowest BCUT2D eigenvalue weighted by Gasteiger charge is -2.42. The Morgan fingerprint density at radius 2 is 1.91 bits per heavy atom. The van der Waals surface area contributed by atoms with Gasteiger partial charge in [0.1, 0.15) is 0 Å². The summed E-state index contributed by atoms with van der Waals surface area (Å²) in [5.41, 5.74) is 0.481. The van der Waals surface area contributed by atoms with Crippen LogP contribution in [0.1, 0.15) is 13.8 Å². The third kappa shape index (κ3) is 2.17. The summed E-state index contributed by atoms with van der Waals surface area (Å²) in [6.07, 6.45) is 0. The van der Waals surface area contributed by atoms with Crippen LogP contribution in [-0.4, -0.2) is 38.6 Å². The number of rotatable bonds is 3. The first kappa shape index (κ1) is 9.01. The molecule has 1 aliphatic heterocycles. The van der Waals surface area contributed by atoms with Crippen molar-refractivity contribution in [3.05, 3.63) is 0 Å². The molecule has 0 aliphatic carbocycles. The van der Waals surface area contributed by atoms with Crippen LogP contribution in [0.3, 0.4) is 0 Å². The molecule has 0 aromatic rings. The highest BCUT2D eigenvalue weighted by atomic mass is 15.1. The molecule has 0 spiro atoms. The van der Waals surface area contributed by atoms with Crippen molar-refractivity contribution in [2.45, 2.75) is 13.8 Å². The first-order valence-electron chi connectivity index (χ1n) is 4.38. The molecule has 1 N–H and O–H groups in total. The number of nitrogens with one attached hydrogen (secondary N) is 1. The maximum Gasteiger partial charge on any atom is 0.00302 e. The van der Waals surface area contributed by atoms with Gasteiger partial charge in [-0.2, -0.15) is 0 Å². The molecule has 0 radical (unpaired) electrons. The van der Waals surface area contributed by atoms with Gasteiger partial charge in [-0.3, -0.25) is 0 Å². The van der Waals surface area contributed by atoms with Crippen molar-refractivity contribution in [2.75, 3.05) is 33.7 Å². The molecule has 2 heteroatoms. The van der Waals surface area contributed by atoms with E-state index in [2.05, 4.69) is 38.2 Å². The molecule has 1 rings (SSSR count). The summed E-state index contributed by atoms with van der Waals surface area (Å²) in [6, 6.07) is 0. The van der Waals surface area contributed by atoms with E-state index in [-0.39, 0.29) is 0 Å². The lowest BCUT2D eigenvalue weighted by atomic mass is 9.75. The Hall–Kier alpha value is -0.0800. The van der Waals surface area contributed by atoms with E-state index in [1.165, 1.54) is 19.6 Å². The molecule has 0 unspecified atom stereocenters. The van der Waals surface area contributed by atoms with Gasteiger partial charge in [-0.25, -0.2) is 0 Å². The molecular weight excluding hydrogens is 136 g/mol. The van der Waals surface area contributed by atoms with E-state index >= 15 is 0 Å². The zero-order chi connectivity index (χ0) is 8.48. The molecule has 0 atom stereocenters.